The highest BCUT2D eigenvalue weighted by Gasteiger charge is 2.19. The molecule has 0 heterocycles. The van der Waals surface area contributed by atoms with Crippen LogP contribution in [0.5, 0.6) is 5.75 Å². The molecule has 7 nitrogen and oxygen atoms in total. The maximum absolute atomic E-state index is 12.1. The van der Waals surface area contributed by atoms with Crippen LogP contribution in [0.2, 0.25) is 10.0 Å². The minimum Gasteiger partial charge on any atom is -0.477 e. The van der Waals surface area contributed by atoms with E-state index >= 15 is 0 Å². The standard InChI is InChI=1S/C22H23Cl2NO6/c1-3-4-11-29-22(28)15-5-8-17(9-6-15)25-20(26)13-30-21(27)14(2)31-19-10-7-16(23)12-18(19)24/h5-10,12,14H,3-4,11,13H2,1-2H3,(H,25,26)/t14-/m0/s1. The second kappa shape index (κ2) is 12.2. The van der Waals surface area contributed by atoms with Crippen molar-refractivity contribution in [3.8, 4) is 5.75 Å². The largest absolute Gasteiger partial charge is 0.477 e. The average Bonchev–Trinajstić information content (AvgIpc) is 2.74. The van der Waals surface area contributed by atoms with Gasteiger partial charge in [-0.3, -0.25) is 4.79 Å². The first-order valence-corrected chi connectivity index (χ1v) is 10.4. The normalized spacial score (nSPS) is 11.4. The molecular weight excluding hydrogens is 445 g/mol. The third-order valence-electron chi connectivity index (χ3n) is 4.01. The number of rotatable bonds is 10. The van der Waals surface area contributed by atoms with E-state index in [-0.39, 0.29) is 10.8 Å². The Labute approximate surface area is 190 Å². The lowest BCUT2D eigenvalue weighted by Gasteiger charge is -2.15. The van der Waals surface area contributed by atoms with Gasteiger partial charge in [0.25, 0.3) is 5.91 Å². The summed E-state index contributed by atoms with van der Waals surface area (Å²) in [5.41, 5.74) is 0.829. The first kappa shape index (κ1) is 24.5. The molecule has 2 rings (SSSR count). The molecule has 0 fully saturated rings. The van der Waals surface area contributed by atoms with Crippen LogP contribution in [0, 0.1) is 0 Å². The van der Waals surface area contributed by atoms with Crippen LogP contribution in [0.4, 0.5) is 5.69 Å². The summed E-state index contributed by atoms with van der Waals surface area (Å²) in [5, 5.41) is 3.26. The number of amides is 1. The average molecular weight is 468 g/mol. The van der Waals surface area contributed by atoms with Gasteiger partial charge in [0.15, 0.2) is 12.7 Å². The zero-order valence-corrected chi connectivity index (χ0v) is 18.7. The Hall–Kier alpha value is -2.77. The van der Waals surface area contributed by atoms with Crippen LogP contribution in [0.25, 0.3) is 0 Å². The fraction of sp³-hybridized carbons (Fsp3) is 0.318. The zero-order valence-electron chi connectivity index (χ0n) is 17.2. The quantitative estimate of drug-likeness (QED) is 0.394. The third-order valence-corrected chi connectivity index (χ3v) is 4.54. The van der Waals surface area contributed by atoms with Crippen LogP contribution in [0.15, 0.2) is 42.5 Å². The maximum Gasteiger partial charge on any atom is 0.347 e. The molecule has 9 heteroatoms. The van der Waals surface area contributed by atoms with Crippen LogP contribution in [0.1, 0.15) is 37.0 Å². The van der Waals surface area contributed by atoms with Crippen molar-refractivity contribution in [3.63, 3.8) is 0 Å². The van der Waals surface area contributed by atoms with Gasteiger partial charge in [0, 0.05) is 10.7 Å². The van der Waals surface area contributed by atoms with Gasteiger partial charge in [-0.15, -0.1) is 0 Å². The Morgan fingerprint density at radius 3 is 2.39 bits per heavy atom. The summed E-state index contributed by atoms with van der Waals surface area (Å²) < 4.78 is 15.5. The minimum atomic E-state index is -0.982. The number of hydrogen-bond donors (Lipinski definition) is 1. The molecule has 0 unspecified atom stereocenters. The number of hydrogen-bond acceptors (Lipinski definition) is 6. The van der Waals surface area contributed by atoms with E-state index in [1.54, 1.807) is 30.3 Å². The molecule has 0 bridgehead atoms. The molecule has 0 aromatic heterocycles. The monoisotopic (exact) mass is 467 g/mol. The van der Waals surface area contributed by atoms with Gasteiger partial charge < -0.3 is 19.5 Å². The lowest BCUT2D eigenvalue weighted by molar-refractivity contribution is -0.153. The van der Waals surface area contributed by atoms with Crippen molar-refractivity contribution < 1.29 is 28.6 Å². The summed E-state index contributed by atoms with van der Waals surface area (Å²) in [6, 6.07) is 10.8. The van der Waals surface area contributed by atoms with Gasteiger partial charge in [0.1, 0.15) is 5.75 Å². The highest BCUT2D eigenvalue weighted by Crippen LogP contribution is 2.28. The van der Waals surface area contributed by atoms with Crippen LogP contribution < -0.4 is 10.1 Å². The highest BCUT2D eigenvalue weighted by atomic mass is 35.5. The first-order valence-electron chi connectivity index (χ1n) is 9.65. The smallest absolute Gasteiger partial charge is 0.347 e. The zero-order chi connectivity index (χ0) is 22.8. The summed E-state index contributed by atoms with van der Waals surface area (Å²) in [4.78, 5) is 36.0. The summed E-state index contributed by atoms with van der Waals surface area (Å²) >= 11 is 11.8. The summed E-state index contributed by atoms with van der Waals surface area (Å²) in [6.45, 7) is 3.35. The van der Waals surface area contributed by atoms with Crippen molar-refractivity contribution >= 4 is 46.7 Å². The number of halogens is 2. The summed E-state index contributed by atoms with van der Waals surface area (Å²) in [6.07, 6.45) is 0.752. The maximum atomic E-state index is 12.1. The van der Waals surface area contributed by atoms with Crippen molar-refractivity contribution in [2.75, 3.05) is 18.5 Å². The molecule has 31 heavy (non-hydrogen) atoms. The van der Waals surface area contributed by atoms with Gasteiger partial charge in [-0.05, 0) is 55.8 Å². The SMILES string of the molecule is CCCCOC(=O)c1ccc(NC(=O)COC(=O)[C@H](C)Oc2ccc(Cl)cc2Cl)cc1. The first-order chi connectivity index (χ1) is 14.8. The Balaban J connectivity index is 1.79. The Morgan fingerprint density at radius 1 is 1.03 bits per heavy atom. The molecule has 0 saturated heterocycles. The molecule has 0 aliphatic heterocycles. The molecule has 0 saturated carbocycles. The molecular formula is C22H23Cl2NO6. The number of anilines is 1. The number of esters is 2. The molecule has 2 aromatic rings. The number of unbranched alkanes of at least 4 members (excludes halogenated alkanes) is 1. The third kappa shape index (κ3) is 8.11. The Kier molecular flexibility index (Phi) is 9.62. The van der Waals surface area contributed by atoms with Gasteiger partial charge in [-0.25, -0.2) is 9.59 Å². The van der Waals surface area contributed by atoms with Gasteiger partial charge in [-0.1, -0.05) is 36.5 Å². The van der Waals surface area contributed by atoms with E-state index in [4.69, 9.17) is 37.4 Å². The molecule has 1 amide bonds. The fourth-order valence-electron chi connectivity index (χ4n) is 2.34. The number of nitrogens with one attached hydrogen (secondary N) is 1. The van der Waals surface area contributed by atoms with Crippen LogP contribution in [-0.2, 0) is 19.1 Å². The van der Waals surface area contributed by atoms with Crippen LogP contribution in [-0.4, -0.2) is 37.2 Å². The summed E-state index contributed by atoms with van der Waals surface area (Å²) in [5.74, 6) is -1.42. The minimum absolute atomic E-state index is 0.252. The van der Waals surface area contributed by atoms with Crippen LogP contribution in [0.3, 0.4) is 0 Å². The van der Waals surface area contributed by atoms with E-state index in [0.29, 0.717) is 22.9 Å². The molecule has 0 radical (unpaired) electrons. The lowest BCUT2D eigenvalue weighted by atomic mass is 10.2. The Bertz CT molecular complexity index is 917. The molecule has 166 valence electrons. The molecule has 1 atom stereocenters. The fourth-order valence-corrected chi connectivity index (χ4v) is 2.80. The van der Waals surface area contributed by atoms with Crippen LogP contribution >= 0.6 is 23.2 Å². The molecule has 0 aliphatic rings. The molecule has 0 spiro atoms. The predicted octanol–water partition coefficient (Wildman–Crippen LogP) is 4.90. The van der Waals surface area contributed by atoms with Crippen molar-refractivity contribution in [1.82, 2.24) is 0 Å². The molecule has 2 aromatic carbocycles. The van der Waals surface area contributed by atoms with E-state index in [9.17, 15) is 14.4 Å². The molecule has 0 aliphatic carbocycles. The Morgan fingerprint density at radius 2 is 1.74 bits per heavy atom. The van der Waals surface area contributed by atoms with E-state index in [1.165, 1.54) is 19.1 Å². The van der Waals surface area contributed by atoms with Crippen molar-refractivity contribution in [2.24, 2.45) is 0 Å². The second-order valence-corrected chi connectivity index (χ2v) is 7.40. The number of ether oxygens (including phenoxy) is 3. The van der Waals surface area contributed by atoms with E-state index in [1.807, 2.05) is 6.92 Å². The van der Waals surface area contributed by atoms with Crippen molar-refractivity contribution in [1.29, 1.82) is 0 Å². The van der Waals surface area contributed by atoms with Gasteiger partial charge in [0.05, 0.1) is 17.2 Å². The molecule has 1 N–H and O–H groups in total. The van der Waals surface area contributed by atoms with Crippen molar-refractivity contribution in [3.05, 3.63) is 58.1 Å². The topological polar surface area (TPSA) is 90.9 Å². The predicted molar refractivity (Wildman–Crippen MR) is 118 cm³/mol. The second-order valence-electron chi connectivity index (χ2n) is 6.56. The highest BCUT2D eigenvalue weighted by molar-refractivity contribution is 6.35. The van der Waals surface area contributed by atoms with Gasteiger partial charge in [0.2, 0.25) is 0 Å². The number of carbonyl (C=O) groups excluding carboxylic acids is 3. The van der Waals surface area contributed by atoms with Gasteiger partial charge >= 0.3 is 11.9 Å². The number of benzene rings is 2. The van der Waals surface area contributed by atoms with Crippen molar-refractivity contribution in [2.45, 2.75) is 32.8 Å². The van der Waals surface area contributed by atoms with E-state index in [0.717, 1.165) is 12.8 Å². The summed E-state index contributed by atoms with van der Waals surface area (Å²) in [7, 11) is 0. The van der Waals surface area contributed by atoms with E-state index in [2.05, 4.69) is 5.32 Å². The van der Waals surface area contributed by atoms with E-state index < -0.39 is 30.6 Å². The lowest BCUT2D eigenvalue weighted by Crippen LogP contribution is -2.29. The van der Waals surface area contributed by atoms with Gasteiger partial charge in [-0.2, -0.15) is 0 Å². The number of carbonyl (C=O) groups is 3.